The summed E-state index contributed by atoms with van der Waals surface area (Å²) in [5.41, 5.74) is 7.26. The van der Waals surface area contributed by atoms with Gasteiger partial charge in [0.15, 0.2) is 0 Å². The Bertz CT molecular complexity index is 1110. The van der Waals surface area contributed by atoms with Crippen molar-refractivity contribution >= 4 is 17.3 Å². The number of pyridine rings is 1. The zero-order valence-corrected chi connectivity index (χ0v) is 15.4. The number of hydrogen-bond acceptors (Lipinski definition) is 3. The van der Waals surface area contributed by atoms with Gasteiger partial charge in [-0.1, -0.05) is 6.07 Å². The Balaban J connectivity index is 1.65. The third-order valence-corrected chi connectivity index (χ3v) is 4.64. The molecule has 1 amide bonds. The number of carbonyl (C=O) groups excluding carboxylic acids is 1. The van der Waals surface area contributed by atoms with Crippen LogP contribution in [0.25, 0.3) is 33.4 Å². The van der Waals surface area contributed by atoms with Gasteiger partial charge in [0.05, 0.1) is 17.9 Å². The minimum absolute atomic E-state index is 0.559. The van der Waals surface area contributed by atoms with Crippen LogP contribution in [0.5, 0.6) is 0 Å². The first-order valence-corrected chi connectivity index (χ1v) is 8.92. The van der Waals surface area contributed by atoms with Crippen molar-refractivity contribution in [2.75, 3.05) is 6.54 Å². The standard InChI is InChI=1S/C21H21N5O/c1-14-9-18-11-16(3-4-19(18)24-14)20-12-17(5-6-23-20)21-10-15(2)26(25-21)8-7-22-13-27/h3-6,9-13,24H,7-8H2,1-2H3,(H,22,27). The Morgan fingerprint density at radius 1 is 1.07 bits per heavy atom. The molecule has 0 fully saturated rings. The first kappa shape index (κ1) is 17.0. The van der Waals surface area contributed by atoms with E-state index in [1.165, 1.54) is 5.39 Å². The SMILES string of the molecule is Cc1cc2cc(-c3cc(-c4cc(C)n(CCNC=O)n4)ccn3)ccc2[nH]1. The average molecular weight is 359 g/mol. The Labute approximate surface area is 157 Å². The smallest absolute Gasteiger partial charge is 0.207 e. The van der Waals surface area contributed by atoms with Crippen LogP contribution in [0.3, 0.4) is 0 Å². The number of aryl methyl sites for hydroxylation is 2. The molecule has 6 nitrogen and oxygen atoms in total. The fourth-order valence-electron chi connectivity index (χ4n) is 3.29. The van der Waals surface area contributed by atoms with Crippen molar-refractivity contribution in [2.24, 2.45) is 0 Å². The lowest BCUT2D eigenvalue weighted by Gasteiger charge is -2.04. The van der Waals surface area contributed by atoms with Gasteiger partial charge in [-0.25, -0.2) is 0 Å². The maximum atomic E-state index is 10.4. The predicted octanol–water partition coefficient (Wildman–Crippen LogP) is 3.46. The van der Waals surface area contributed by atoms with Gasteiger partial charge in [-0.2, -0.15) is 5.10 Å². The molecule has 0 saturated carbocycles. The van der Waals surface area contributed by atoms with Crippen molar-refractivity contribution in [3.63, 3.8) is 0 Å². The van der Waals surface area contributed by atoms with E-state index in [0.717, 1.165) is 39.4 Å². The number of fused-ring (bicyclic) bond motifs is 1. The maximum absolute atomic E-state index is 10.4. The second-order valence-electron chi connectivity index (χ2n) is 6.65. The quantitative estimate of drug-likeness (QED) is 0.409. The average Bonchev–Trinajstić information content (AvgIpc) is 3.23. The second kappa shape index (κ2) is 7.07. The topological polar surface area (TPSA) is 75.6 Å². The molecule has 0 unspecified atom stereocenters. The summed E-state index contributed by atoms with van der Waals surface area (Å²) in [5.74, 6) is 0. The molecule has 27 heavy (non-hydrogen) atoms. The van der Waals surface area contributed by atoms with E-state index in [4.69, 9.17) is 0 Å². The normalized spacial score (nSPS) is 11.0. The van der Waals surface area contributed by atoms with Crippen LogP contribution in [-0.4, -0.2) is 32.7 Å². The van der Waals surface area contributed by atoms with E-state index in [2.05, 4.69) is 63.7 Å². The molecule has 0 bridgehead atoms. The van der Waals surface area contributed by atoms with Crippen LogP contribution < -0.4 is 5.32 Å². The number of aromatic amines is 1. The van der Waals surface area contributed by atoms with Crippen molar-refractivity contribution in [3.05, 3.63) is 60.0 Å². The van der Waals surface area contributed by atoms with Gasteiger partial charge < -0.3 is 10.3 Å². The van der Waals surface area contributed by atoms with Gasteiger partial charge in [-0.3, -0.25) is 14.5 Å². The van der Waals surface area contributed by atoms with Crippen molar-refractivity contribution in [1.29, 1.82) is 0 Å². The third kappa shape index (κ3) is 3.46. The lowest BCUT2D eigenvalue weighted by Crippen LogP contribution is -2.19. The lowest BCUT2D eigenvalue weighted by molar-refractivity contribution is -0.109. The Kier molecular flexibility index (Phi) is 4.46. The van der Waals surface area contributed by atoms with Gasteiger partial charge >= 0.3 is 0 Å². The number of nitrogens with zero attached hydrogens (tertiary/aromatic N) is 3. The van der Waals surface area contributed by atoms with E-state index in [-0.39, 0.29) is 0 Å². The molecule has 0 aliphatic rings. The van der Waals surface area contributed by atoms with E-state index in [1.54, 1.807) is 0 Å². The van der Waals surface area contributed by atoms with Crippen molar-refractivity contribution in [3.8, 4) is 22.5 Å². The molecule has 3 aromatic heterocycles. The number of carbonyl (C=O) groups is 1. The summed E-state index contributed by atoms with van der Waals surface area (Å²) in [6.45, 7) is 5.28. The third-order valence-electron chi connectivity index (χ3n) is 4.64. The zero-order valence-electron chi connectivity index (χ0n) is 15.4. The van der Waals surface area contributed by atoms with Gasteiger partial charge in [0.1, 0.15) is 0 Å². The monoisotopic (exact) mass is 359 g/mol. The van der Waals surface area contributed by atoms with E-state index in [0.29, 0.717) is 19.5 Å². The minimum atomic E-state index is 0.559. The van der Waals surface area contributed by atoms with Gasteiger partial charge in [0.25, 0.3) is 0 Å². The first-order chi connectivity index (χ1) is 13.1. The van der Waals surface area contributed by atoms with Crippen molar-refractivity contribution in [2.45, 2.75) is 20.4 Å². The summed E-state index contributed by atoms with van der Waals surface area (Å²) in [6, 6.07) is 14.6. The molecule has 6 heteroatoms. The number of rotatable bonds is 6. The molecule has 4 aromatic rings. The van der Waals surface area contributed by atoms with Crippen LogP contribution in [0.15, 0.2) is 48.7 Å². The number of benzene rings is 1. The fraction of sp³-hybridized carbons (Fsp3) is 0.190. The molecule has 2 N–H and O–H groups in total. The zero-order chi connectivity index (χ0) is 18.8. The van der Waals surface area contributed by atoms with Crippen LogP contribution in [0.4, 0.5) is 0 Å². The Hall–Kier alpha value is -3.41. The molecule has 0 spiro atoms. The van der Waals surface area contributed by atoms with E-state index >= 15 is 0 Å². The molecular formula is C21H21N5O. The summed E-state index contributed by atoms with van der Waals surface area (Å²) in [5, 5.41) is 8.51. The maximum Gasteiger partial charge on any atom is 0.207 e. The molecule has 0 atom stereocenters. The van der Waals surface area contributed by atoms with Crippen LogP contribution in [-0.2, 0) is 11.3 Å². The summed E-state index contributed by atoms with van der Waals surface area (Å²) >= 11 is 0. The summed E-state index contributed by atoms with van der Waals surface area (Å²) < 4.78 is 1.90. The highest BCUT2D eigenvalue weighted by Gasteiger charge is 2.09. The van der Waals surface area contributed by atoms with Crippen LogP contribution >= 0.6 is 0 Å². The molecule has 3 heterocycles. The molecular weight excluding hydrogens is 338 g/mol. The number of nitrogens with one attached hydrogen (secondary N) is 2. The summed E-state index contributed by atoms with van der Waals surface area (Å²) in [4.78, 5) is 18.3. The number of H-pyrrole nitrogens is 1. The van der Waals surface area contributed by atoms with Crippen molar-refractivity contribution in [1.82, 2.24) is 25.1 Å². The lowest BCUT2D eigenvalue weighted by atomic mass is 10.1. The van der Waals surface area contributed by atoms with Crippen LogP contribution in [0.2, 0.25) is 0 Å². The van der Waals surface area contributed by atoms with Crippen LogP contribution in [0, 0.1) is 13.8 Å². The number of aromatic nitrogens is 4. The van der Waals surface area contributed by atoms with Crippen LogP contribution in [0.1, 0.15) is 11.4 Å². The van der Waals surface area contributed by atoms with E-state index in [9.17, 15) is 4.79 Å². The number of hydrogen-bond donors (Lipinski definition) is 2. The highest BCUT2D eigenvalue weighted by molar-refractivity contribution is 5.85. The largest absolute Gasteiger partial charge is 0.359 e. The number of amides is 1. The molecule has 0 aliphatic carbocycles. The highest BCUT2D eigenvalue weighted by atomic mass is 16.1. The van der Waals surface area contributed by atoms with Gasteiger partial charge in [-0.15, -0.1) is 0 Å². The van der Waals surface area contributed by atoms with E-state index in [1.807, 2.05) is 23.9 Å². The fourth-order valence-corrected chi connectivity index (χ4v) is 3.29. The molecule has 0 radical (unpaired) electrons. The first-order valence-electron chi connectivity index (χ1n) is 8.92. The molecule has 0 aliphatic heterocycles. The summed E-state index contributed by atoms with van der Waals surface area (Å²) in [7, 11) is 0. The molecule has 1 aromatic carbocycles. The second-order valence-corrected chi connectivity index (χ2v) is 6.65. The minimum Gasteiger partial charge on any atom is -0.359 e. The Morgan fingerprint density at radius 2 is 1.93 bits per heavy atom. The van der Waals surface area contributed by atoms with E-state index < -0.39 is 0 Å². The van der Waals surface area contributed by atoms with Gasteiger partial charge in [-0.05, 0) is 50.2 Å². The highest BCUT2D eigenvalue weighted by Crippen LogP contribution is 2.27. The molecule has 0 saturated heterocycles. The van der Waals surface area contributed by atoms with Crippen molar-refractivity contribution < 1.29 is 4.79 Å². The molecule has 4 rings (SSSR count). The van der Waals surface area contributed by atoms with Gasteiger partial charge in [0.2, 0.25) is 6.41 Å². The predicted molar refractivity (Wildman–Crippen MR) is 106 cm³/mol. The van der Waals surface area contributed by atoms with Gasteiger partial charge in [0, 0.05) is 46.2 Å². The Morgan fingerprint density at radius 3 is 2.78 bits per heavy atom. The molecule has 136 valence electrons. The summed E-state index contributed by atoms with van der Waals surface area (Å²) in [6.07, 6.45) is 2.53.